The fourth-order valence-corrected chi connectivity index (χ4v) is 5.25. The van der Waals surface area contributed by atoms with Gasteiger partial charge in [0.1, 0.15) is 11.3 Å². The fourth-order valence-electron chi connectivity index (χ4n) is 4.88. The highest BCUT2D eigenvalue weighted by Gasteiger charge is 2.60. The van der Waals surface area contributed by atoms with Crippen LogP contribution in [-0.2, 0) is 0 Å². The van der Waals surface area contributed by atoms with Gasteiger partial charge in [-0.25, -0.2) is 4.68 Å². The number of benzene rings is 3. The lowest BCUT2D eigenvalue weighted by Gasteiger charge is -2.14. The largest absolute Gasteiger partial charge is 0.269 e. The highest BCUT2D eigenvalue weighted by Crippen LogP contribution is 2.57. The lowest BCUT2D eigenvalue weighted by molar-refractivity contribution is -0.384. The molecule has 0 radical (unpaired) electrons. The Morgan fingerprint density at radius 3 is 2.21 bits per heavy atom. The molecule has 0 aliphatic carbocycles. The first-order valence-electron chi connectivity index (χ1n) is 11.0. The average Bonchev–Trinajstić information content (AvgIpc) is 3.37. The van der Waals surface area contributed by atoms with Gasteiger partial charge in [0.15, 0.2) is 0 Å². The van der Waals surface area contributed by atoms with Crippen LogP contribution in [0.1, 0.15) is 34.6 Å². The average molecular weight is 470 g/mol. The number of para-hydroxylation sites is 1. The molecule has 1 unspecified atom stereocenters. The molecule has 7 nitrogen and oxygen atoms in total. The normalized spacial score (nSPS) is 22.8. The first-order chi connectivity index (χ1) is 16.5. The van der Waals surface area contributed by atoms with Gasteiger partial charge in [-0.2, -0.15) is 5.10 Å². The monoisotopic (exact) mass is 469 g/mol. The molecule has 1 saturated heterocycles. The second kappa shape index (κ2) is 7.90. The lowest BCUT2D eigenvalue weighted by Crippen LogP contribution is -2.09. The molecule has 4 aromatic rings. The lowest BCUT2D eigenvalue weighted by atomic mass is 10.0. The molecule has 8 heteroatoms. The maximum absolute atomic E-state index is 11.1. The Morgan fingerprint density at radius 1 is 0.912 bits per heavy atom. The summed E-state index contributed by atoms with van der Waals surface area (Å²) in [6.45, 7) is 1.95. The molecule has 1 aromatic heterocycles. The van der Waals surface area contributed by atoms with Crippen molar-refractivity contribution >= 4 is 23.0 Å². The summed E-state index contributed by atoms with van der Waals surface area (Å²) in [5.41, 5.74) is 5.76. The minimum absolute atomic E-state index is 0.0639. The van der Waals surface area contributed by atoms with Crippen molar-refractivity contribution in [2.75, 3.05) is 0 Å². The van der Waals surface area contributed by atoms with Gasteiger partial charge < -0.3 is 0 Å². The summed E-state index contributed by atoms with van der Waals surface area (Å²) in [4.78, 5) is 18.1. The number of fused-ring (bicyclic) bond motifs is 1. The number of nitro groups is 1. The van der Waals surface area contributed by atoms with Crippen molar-refractivity contribution in [3.8, 4) is 5.69 Å². The van der Waals surface area contributed by atoms with Crippen LogP contribution in [0.5, 0.6) is 0 Å². The summed E-state index contributed by atoms with van der Waals surface area (Å²) in [5, 5.41) is 16.4. The van der Waals surface area contributed by atoms with Crippen LogP contribution in [0.15, 0.2) is 89.9 Å². The summed E-state index contributed by atoms with van der Waals surface area (Å²) in [5.74, 6) is 0. The predicted molar refractivity (Wildman–Crippen MR) is 130 cm³/mol. The Bertz CT molecular complexity index is 1420. The van der Waals surface area contributed by atoms with Gasteiger partial charge in [-0.3, -0.25) is 20.0 Å². The van der Waals surface area contributed by atoms with Crippen molar-refractivity contribution in [2.45, 2.75) is 25.2 Å². The third-order valence-electron chi connectivity index (χ3n) is 6.50. The van der Waals surface area contributed by atoms with E-state index in [4.69, 9.17) is 21.7 Å². The highest BCUT2D eigenvalue weighted by atomic mass is 35.5. The van der Waals surface area contributed by atoms with E-state index in [1.165, 1.54) is 0 Å². The first-order valence-corrected chi connectivity index (χ1v) is 11.4. The van der Waals surface area contributed by atoms with E-state index in [-0.39, 0.29) is 28.9 Å². The molecule has 34 heavy (non-hydrogen) atoms. The molecule has 168 valence electrons. The Labute approximate surface area is 201 Å². The summed E-state index contributed by atoms with van der Waals surface area (Å²) in [6, 6.07) is 26.8. The SMILES string of the molecule is Cc1nn(-c2ccccc2)c(Cl)c1[C@@H]1N=C(c2ccccc2)[C@@H]2[C@@H](c3ccc([N+](=O)[O-])cc3)N21. The number of nitrogens with zero attached hydrogens (tertiary/aromatic N) is 5. The Morgan fingerprint density at radius 2 is 1.56 bits per heavy atom. The maximum atomic E-state index is 11.1. The number of aromatic nitrogens is 2. The number of aryl methyl sites for hydroxylation is 1. The van der Waals surface area contributed by atoms with Crippen molar-refractivity contribution in [3.63, 3.8) is 0 Å². The van der Waals surface area contributed by atoms with Gasteiger partial charge in [-0.05, 0) is 30.2 Å². The fraction of sp³-hybridized carbons (Fsp3) is 0.154. The van der Waals surface area contributed by atoms with Crippen molar-refractivity contribution < 1.29 is 4.92 Å². The molecule has 0 amide bonds. The first kappa shape index (κ1) is 20.8. The van der Waals surface area contributed by atoms with Crippen molar-refractivity contribution in [1.29, 1.82) is 0 Å². The summed E-state index contributed by atoms with van der Waals surface area (Å²) < 4.78 is 1.75. The van der Waals surface area contributed by atoms with E-state index >= 15 is 0 Å². The van der Waals surface area contributed by atoms with E-state index in [2.05, 4.69) is 17.0 Å². The van der Waals surface area contributed by atoms with Crippen LogP contribution in [0.2, 0.25) is 5.15 Å². The minimum Gasteiger partial charge on any atom is -0.263 e. The summed E-state index contributed by atoms with van der Waals surface area (Å²) in [6.07, 6.45) is -0.287. The molecule has 3 heterocycles. The smallest absolute Gasteiger partial charge is 0.263 e. The third kappa shape index (κ3) is 3.24. The van der Waals surface area contributed by atoms with Gasteiger partial charge in [-0.1, -0.05) is 72.3 Å². The number of aliphatic imine (C=N–C) groups is 1. The number of nitro benzene ring substituents is 1. The molecule has 4 atom stereocenters. The van der Waals surface area contributed by atoms with Crippen molar-refractivity contribution in [1.82, 2.24) is 14.7 Å². The molecule has 2 aliphatic rings. The maximum Gasteiger partial charge on any atom is 0.269 e. The number of halogens is 1. The standard InChI is InChI=1S/C26H20ClN5O2/c1-16-21(25(27)31(29-16)19-10-6-3-7-11-19)26-28-22(17-8-4-2-5-9-17)24-23(30(24)26)18-12-14-20(15-13-18)32(33)34/h2-15,23-24,26H,1H3/t23-,24-,26-,30?/m1/s1. The second-order valence-corrected chi connectivity index (χ2v) is 8.83. The zero-order chi connectivity index (χ0) is 23.4. The molecule has 6 rings (SSSR count). The van der Waals surface area contributed by atoms with Crippen LogP contribution in [-0.4, -0.2) is 31.4 Å². The van der Waals surface area contributed by atoms with Crippen LogP contribution in [0, 0.1) is 17.0 Å². The number of non-ortho nitro benzene ring substituents is 1. The van der Waals surface area contributed by atoms with Crippen LogP contribution in [0.25, 0.3) is 5.69 Å². The van der Waals surface area contributed by atoms with E-state index in [0.717, 1.165) is 33.8 Å². The molecular formula is C26H20ClN5O2. The van der Waals surface area contributed by atoms with Crippen molar-refractivity contribution in [2.24, 2.45) is 4.99 Å². The Kier molecular flexibility index (Phi) is 4.83. The van der Waals surface area contributed by atoms with Gasteiger partial charge >= 0.3 is 0 Å². The molecule has 3 aromatic carbocycles. The van der Waals surface area contributed by atoms with Gasteiger partial charge in [0.2, 0.25) is 0 Å². The number of rotatable bonds is 5. The van der Waals surface area contributed by atoms with Crippen LogP contribution < -0.4 is 0 Å². The Balaban J connectivity index is 1.43. The molecule has 0 N–H and O–H groups in total. The molecule has 2 aliphatic heterocycles. The predicted octanol–water partition coefficient (Wildman–Crippen LogP) is 5.67. The van der Waals surface area contributed by atoms with Gasteiger partial charge in [0.25, 0.3) is 5.69 Å². The number of hydrogen-bond donors (Lipinski definition) is 0. The van der Waals surface area contributed by atoms with E-state index < -0.39 is 0 Å². The zero-order valence-corrected chi connectivity index (χ0v) is 19.0. The quantitative estimate of drug-likeness (QED) is 0.214. The summed E-state index contributed by atoms with van der Waals surface area (Å²) >= 11 is 6.90. The van der Waals surface area contributed by atoms with E-state index in [1.54, 1.807) is 16.8 Å². The molecule has 0 spiro atoms. The minimum atomic E-state index is -0.376. The van der Waals surface area contributed by atoms with E-state index in [9.17, 15) is 10.1 Å². The van der Waals surface area contributed by atoms with Gasteiger partial charge in [0, 0.05) is 12.1 Å². The second-order valence-electron chi connectivity index (χ2n) is 8.48. The zero-order valence-electron chi connectivity index (χ0n) is 18.2. The molecule has 0 bridgehead atoms. The molecular weight excluding hydrogens is 450 g/mol. The van der Waals surface area contributed by atoms with Gasteiger partial charge in [0.05, 0.1) is 39.7 Å². The third-order valence-corrected chi connectivity index (χ3v) is 6.86. The highest BCUT2D eigenvalue weighted by molar-refractivity contribution is 6.30. The summed E-state index contributed by atoms with van der Waals surface area (Å²) in [7, 11) is 0. The van der Waals surface area contributed by atoms with Crippen molar-refractivity contribution in [3.05, 3.63) is 123 Å². The number of hydrogen-bond acceptors (Lipinski definition) is 5. The van der Waals surface area contributed by atoms with Crippen LogP contribution >= 0.6 is 11.6 Å². The van der Waals surface area contributed by atoms with Gasteiger partial charge in [-0.15, -0.1) is 0 Å². The molecule has 0 saturated carbocycles. The van der Waals surface area contributed by atoms with E-state index in [1.807, 2.05) is 67.6 Å². The Hall–Kier alpha value is -3.81. The van der Waals surface area contributed by atoms with E-state index in [0.29, 0.717) is 5.15 Å². The van der Waals surface area contributed by atoms with Crippen LogP contribution in [0.3, 0.4) is 0 Å². The molecule has 1 fully saturated rings. The van der Waals surface area contributed by atoms with Crippen LogP contribution in [0.4, 0.5) is 5.69 Å². The topological polar surface area (TPSA) is 76.3 Å².